The highest BCUT2D eigenvalue weighted by Crippen LogP contribution is 2.18. The summed E-state index contributed by atoms with van der Waals surface area (Å²) in [5.41, 5.74) is 6.70. The van der Waals surface area contributed by atoms with Gasteiger partial charge in [0.1, 0.15) is 5.75 Å². The van der Waals surface area contributed by atoms with Crippen molar-refractivity contribution in [3.63, 3.8) is 0 Å². The molecule has 0 saturated heterocycles. The molecule has 1 N–H and O–H groups in total. The van der Waals surface area contributed by atoms with Crippen LogP contribution >= 0.6 is 0 Å². The number of amides is 1. The Kier molecular flexibility index (Phi) is 5.78. The average molecular weight is 344 g/mol. The molecule has 1 amide bonds. The zero-order chi connectivity index (χ0) is 18.2. The molecule has 0 bridgehead atoms. The lowest BCUT2D eigenvalue weighted by atomic mass is 10.0. The first-order valence-electron chi connectivity index (χ1n) is 8.35. The van der Waals surface area contributed by atoms with Gasteiger partial charge in [-0.15, -0.1) is 0 Å². The van der Waals surface area contributed by atoms with Gasteiger partial charge in [0.25, 0.3) is 0 Å². The van der Waals surface area contributed by atoms with Gasteiger partial charge in [-0.25, -0.2) is 5.43 Å². The number of benzene rings is 3. The molecule has 0 fully saturated rings. The van der Waals surface area contributed by atoms with Crippen molar-refractivity contribution >= 4 is 12.1 Å². The highest BCUT2D eigenvalue weighted by molar-refractivity contribution is 5.84. The largest absolute Gasteiger partial charge is 0.497 e. The number of carbonyl (C=O) groups is 1. The van der Waals surface area contributed by atoms with Crippen LogP contribution in [0.1, 0.15) is 11.1 Å². The lowest BCUT2D eigenvalue weighted by molar-refractivity contribution is -0.120. The summed E-state index contributed by atoms with van der Waals surface area (Å²) in [5.74, 6) is 0.610. The highest BCUT2D eigenvalue weighted by atomic mass is 16.5. The quantitative estimate of drug-likeness (QED) is 0.542. The predicted octanol–water partition coefficient (Wildman–Crippen LogP) is 4.06. The minimum atomic E-state index is -0.160. The smallest absolute Gasteiger partial charge is 0.244 e. The van der Waals surface area contributed by atoms with Crippen LogP contribution in [0, 0.1) is 0 Å². The van der Waals surface area contributed by atoms with E-state index in [-0.39, 0.29) is 12.3 Å². The maximum absolute atomic E-state index is 11.9. The summed E-state index contributed by atoms with van der Waals surface area (Å²) >= 11 is 0. The molecule has 130 valence electrons. The van der Waals surface area contributed by atoms with E-state index in [0.717, 1.165) is 22.4 Å². The number of nitrogens with zero attached hydrogens (tertiary/aromatic N) is 1. The van der Waals surface area contributed by atoms with E-state index in [1.807, 2.05) is 66.7 Å². The van der Waals surface area contributed by atoms with Crippen molar-refractivity contribution in [3.05, 3.63) is 90.0 Å². The number of methoxy groups -OCH3 is 1. The fraction of sp³-hybridized carbons (Fsp3) is 0.0909. The van der Waals surface area contributed by atoms with Crippen molar-refractivity contribution in [2.24, 2.45) is 5.10 Å². The Morgan fingerprint density at radius 2 is 1.58 bits per heavy atom. The van der Waals surface area contributed by atoms with Gasteiger partial charge in [-0.1, -0.05) is 66.7 Å². The third kappa shape index (κ3) is 4.80. The van der Waals surface area contributed by atoms with Crippen molar-refractivity contribution in [1.82, 2.24) is 5.43 Å². The van der Waals surface area contributed by atoms with E-state index in [0.29, 0.717) is 0 Å². The van der Waals surface area contributed by atoms with Crippen LogP contribution in [0.5, 0.6) is 5.75 Å². The Hall–Kier alpha value is -3.40. The predicted molar refractivity (Wildman–Crippen MR) is 104 cm³/mol. The van der Waals surface area contributed by atoms with Crippen LogP contribution in [-0.4, -0.2) is 19.2 Å². The van der Waals surface area contributed by atoms with Gasteiger partial charge < -0.3 is 4.74 Å². The van der Waals surface area contributed by atoms with Gasteiger partial charge in [0.2, 0.25) is 5.91 Å². The molecule has 0 atom stereocenters. The van der Waals surface area contributed by atoms with Crippen LogP contribution in [0.15, 0.2) is 84.0 Å². The second-order valence-electron chi connectivity index (χ2n) is 5.81. The fourth-order valence-electron chi connectivity index (χ4n) is 2.54. The number of ether oxygens (including phenoxy) is 1. The van der Waals surface area contributed by atoms with Crippen molar-refractivity contribution in [2.75, 3.05) is 7.11 Å². The average Bonchev–Trinajstić information content (AvgIpc) is 2.70. The summed E-state index contributed by atoms with van der Waals surface area (Å²) in [6, 6.07) is 25.6. The Morgan fingerprint density at radius 1 is 0.923 bits per heavy atom. The van der Waals surface area contributed by atoms with E-state index < -0.39 is 0 Å². The monoisotopic (exact) mass is 344 g/mol. The molecule has 3 aromatic rings. The van der Waals surface area contributed by atoms with Crippen molar-refractivity contribution < 1.29 is 9.53 Å². The first-order chi connectivity index (χ1) is 12.7. The Bertz CT molecular complexity index is 870. The van der Waals surface area contributed by atoms with E-state index in [4.69, 9.17) is 4.74 Å². The first kappa shape index (κ1) is 17.4. The zero-order valence-electron chi connectivity index (χ0n) is 14.6. The summed E-state index contributed by atoms with van der Waals surface area (Å²) in [7, 11) is 1.61. The Balaban J connectivity index is 1.53. The lowest BCUT2D eigenvalue weighted by Gasteiger charge is -2.03. The minimum Gasteiger partial charge on any atom is -0.497 e. The SMILES string of the molecule is COc1ccc(CC(=O)NN=Cc2ccc(-c3ccccc3)cc2)cc1. The summed E-state index contributed by atoms with van der Waals surface area (Å²) in [6.07, 6.45) is 1.91. The van der Waals surface area contributed by atoms with Gasteiger partial charge in [0, 0.05) is 0 Å². The number of rotatable bonds is 6. The number of hydrogen-bond acceptors (Lipinski definition) is 3. The Morgan fingerprint density at radius 3 is 2.23 bits per heavy atom. The lowest BCUT2D eigenvalue weighted by Crippen LogP contribution is -2.19. The topological polar surface area (TPSA) is 50.7 Å². The molecule has 0 saturated carbocycles. The number of hydrogen-bond donors (Lipinski definition) is 1. The van der Waals surface area contributed by atoms with Crippen LogP contribution in [0.25, 0.3) is 11.1 Å². The van der Waals surface area contributed by atoms with Crippen molar-refractivity contribution in [3.8, 4) is 16.9 Å². The molecule has 0 aliphatic rings. The molecule has 0 spiro atoms. The molecule has 0 aromatic heterocycles. The van der Waals surface area contributed by atoms with Gasteiger partial charge in [-0.2, -0.15) is 5.10 Å². The molecule has 0 unspecified atom stereocenters. The van der Waals surface area contributed by atoms with Gasteiger partial charge in [0.05, 0.1) is 19.7 Å². The maximum atomic E-state index is 11.9. The van der Waals surface area contributed by atoms with E-state index in [2.05, 4.69) is 22.7 Å². The summed E-state index contributed by atoms with van der Waals surface area (Å²) < 4.78 is 5.10. The van der Waals surface area contributed by atoms with Gasteiger partial charge in [-0.05, 0) is 34.4 Å². The van der Waals surface area contributed by atoms with Gasteiger partial charge >= 0.3 is 0 Å². The van der Waals surface area contributed by atoms with Crippen molar-refractivity contribution in [2.45, 2.75) is 6.42 Å². The zero-order valence-corrected chi connectivity index (χ0v) is 14.6. The maximum Gasteiger partial charge on any atom is 0.244 e. The molecule has 4 heteroatoms. The van der Waals surface area contributed by atoms with Crippen LogP contribution < -0.4 is 10.2 Å². The minimum absolute atomic E-state index is 0.160. The standard InChI is InChI=1S/C22H20N2O2/c1-26-21-13-9-17(10-14-21)15-22(25)24-23-16-18-7-11-20(12-8-18)19-5-3-2-4-6-19/h2-14,16H,15H2,1H3,(H,24,25). The van der Waals surface area contributed by atoms with E-state index >= 15 is 0 Å². The van der Waals surface area contributed by atoms with Crippen molar-refractivity contribution in [1.29, 1.82) is 0 Å². The summed E-state index contributed by atoms with van der Waals surface area (Å²) in [4.78, 5) is 11.9. The molecular weight excluding hydrogens is 324 g/mol. The Labute approximate surface area is 153 Å². The van der Waals surface area contributed by atoms with E-state index in [9.17, 15) is 4.79 Å². The fourth-order valence-corrected chi connectivity index (χ4v) is 2.54. The number of nitrogens with one attached hydrogen (secondary N) is 1. The van der Waals surface area contributed by atoms with Crippen LogP contribution in [-0.2, 0) is 11.2 Å². The summed E-state index contributed by atoms with van der Waals surface area (Å²) in [5, 5.41) is 4.02. The molecule has 3 rings (SSSR count). The molecule has 3 aromatic carbocycles. The van der Waals surface area contributed by atoms with E-state index in [1.54, 1.807) is 13.3 Å². The van der Waals surface area contributed by atoms with Crippen LogP contribution in [0.4, 0.5) is 0 Å². The van der Waals surface area contributed by atoms with E-state index in [1.165, 1.54) is 5.56 Å². The number of carbonyl (C=O) groups excluding carboxylic acids is 1. The molecule has 0 heterocycles. The molecule has 4 nitrogen and oxygen atoms in total. The van der Waals surface area contributed by atoms with Gasteiger partial charge in [0.15, 0.2) is 0 Å². The normalized spacial score (nSPS) is 10.7. The summed E-state index contributed by atoms with van der Waals surface area (Å²) in [6.45, 7) is 0. The molecular formula is C22H20N2O2. The van der Waals surface area contributed by atoms with Crippen LogP contribution in [0.3, 0.4) is 0 Å². The molecule has 0 aliphatic heterocycles. The second-order valence-corrected chi connectivity index (χ2v) is 5.81. The van der Waals surface area contributed by atoms with Crippen LogP contribution in [0.2, 0.25) is 0 Å². The molecule has 0 aliphatic carbocycles. The molecule has 0 radical (unpaired) electrons. The third-order valence-corrected chi connectivity index (χ3v) is 3.94. The first-order valence-corrected chi connectivity index (χ1v) is 8.35. The second kappa shape index (κ2) is 8.62. The number of hydrazone groups is 1. The van der Waals surface area contributed by atoms with Gasteiger partial charge in [-0.3, -0.25) is 4.79 Å². The highest BCUT2D eigenvalue weighted by Gasteiger charge is 2.02. The molecule has 26 heavy (non-hydrogen) atoms. The third-order valence-electron chi connectivity index (χ3n) is 3.94.